The second kappa shape index (κ2) is 11.0. The normalized spacial score (nSPS) is 12.2. The standard InChI is InChI=1S/C21H25BrClN3O4S/c1-4-24-21(28)15(2)25(13-16-9-5-7-11-18(16)23)20(27)14-26(31(3,29)30)19-12-8-6-10-17(19)22/h5-12,15H,4,13-14H2,1-3H3,(H,24,28)/t15-/m1/s1. The molecule has 31 heavy (non-hydrogen) atoms. The number of hydrogen-bond acceptors (Lipinski definition) is 4. The molecule has 0 saturated heterocycles. The van der Waals surface area contributed by atoms with E-state index >= 15 is 0 Å². The highest BCUT2D eigenvalue weighted by molar-refractivity contribution is 9.10. The average Bonchev–Trinajstić information content (AvgIpc) is 2.71. The number of sulfonamides is 1. The van der Waals surface area contributed by atoms with Crippen molar-refractivity contribution in [3.05, 3.63) is 63.6 Å². The first-order valence-corrected chi connectivity index (χ1v) is 12.6. The van der Waals surface area contributed by atoms with Crippen molar-refractivity contribution >= 4 is 55.1 Å². The number of amides is 2. The van der Waals surface area contributed by atoms with E-state index in [-0.39, 0.29) is 12.5 Å². The van der Waals surface area contributed by atoms with Crippen LogP contribution in [-0.4, -0.2) is 50.5 Å². The summed E-state index contributed by atoms with van der Waals surface area (Å²) in [5.74, 6) is -0.866. The van der Waals surface area contributed by atoms with Crippen molar-refractivity contribution in [2.45, 2.75) is 26.4 Å². The molecule has 1 atom stereocenters. The molecule has 0 spiro atoms. The lowest BCUT2D eigenvalue weighted by atomic mass is 10.1. The molecule has 1 N–H and O–H groups in total. The molecule has 2 aromatic rings. The average molecular weight is 531 g/mol. The molecule has 0 saturated carbocycles. The summed E-state index contributed by atoms with van der Waals surface area (Å²) in [5, 5.41) is 3.15. The number of likely N-dealkylation sites (N-methyl/N-ethyl adjacent to an activating group) is 1. The number of benzene rings is 2. The maximum Gasteiger partial charge on any atom is 0.244 e. The summed E-state index contributed by atoms with van der Waals surface area (Å²) in [6.45, 7) is 3.38. The molecule has 0 bridgehead atoms. The Balaban J connectivity index is 2.41. The number of nitrogens with zero attached hydrogens (tertiary/aromatic N) is 2. The molecule has 168 valence electrons. The van der Waals surface area contributed by atoms with Gasteiger partial charge in [-0.15, -0.1) is 0 Å². The van der Waals surface area contributed by atoms with Crippen LogP contribution in [0.2, 0.25) is 5.02 Å². The molecule has 0 unspecified atom stereocenters. The zero-order chi connectivity index (χ0) is 23.2. The van der Waals surface area contributed by atoms with Gasteiger partial charge in [0, 0.05) is 22.6 Å². The summed E-state index contributed by atoms with van der Waals surface area (Å²) >= 11 is 9.60. The maximum absolute atomic E-state index is 13.3. The summed E-state index contributed by atoms with van der Waals surface area (Å²) in [6.07, 6.45) is 1.03. The summed E-state index contributed by atoms with van der Waals surface area (Å²) in [7, 11) is -3.78. The van der Waals surface area contributed by atoms with E-state index in [1.807, 2.05) is 0 Å². The maximum atomic E-state index is 13.3. The quantitative estimate of drug-likeness (QED) is 0.538. The van der Waals surface area contributed by atoms with Crippen LogP contribution in [0.5, 0.6) is 0 Å². The highest BCUT2D eigenvalue weighted by Crippen LogP contribution is 2.28. The first kappa shape index (κ1) is 25.2. The molecule has 2 rings (SSSR count). The monoisotopic (exact) mass is 529 g/mol. The molecule has 0 aliphatic carbocycles. The van der Waals surface area contributed by atoms with Crippen LogP contribution in [-0.2, 0) is 26.2 Å². The second-order valence-corrected chi connectivity index (χ2v) is 10.1. The molecule has 10 heteroatoms. The van der Waals surface area contributed by atoms with E-state index in [1.54, 1.807) is 62.4 Å². The molecular weight excluding hydrogens is 506 g/mol. The number of carbonyl (C=O) groups is 2. The molecule has 2 amide bonds. The molecule has 0 aliphatic rings. The van der Waals surface area contributed by atoms with Crippen LogP contribution >= 0.6 is 27.5 Å². The Morgan fingerprint density at radius 1 is 1.13 bits per heavy atom. The van der Waals surface area contributed by atoms with Crippen LogP contribution < -0.4 is 9.62 Å². The lowest BCUT2D eigenvalue weighted by Gasteiger charge is -2.31. The smallest absolute Gasteiger partial charge is 0.244 e. The lowest BCUT2D eigenvalue weighted by Crippen LogP contribution is -2.51. The molecular formula is C21H25BrClN3O4S. The van der Waals surface area contributed by atoms with Gasteiger partial charge in [-0.05, 0) is 53.5 Å². The van der Waals surface area contributed by atoms with Gasteiger partial charge >= 0.3 is 0 Å². The highest BCUT2D eigenvalue weighted by Gasteiger charge is 2.30. The minimum absolute atomic E-state index is 0.0599. The van der Waals surface area contributed by atoms with Crippen molar-refractivity contribution in [3.63, 3.8) is 0 Å². The van der Waals surface area contributed by atoms with Crippen LogP contribution in [0.25, 0.3) is 0 Å². The van der Waals surface area contributed by atoms with E-state index in [0.29, 0.717) is 27.3 Å². The predicted octanol–water partition coefficient (Wildman–Crippen LogP) is 3.42. The summed E-state index contributed by atoms with van der Waals surface area (Å²) in [4.78, 5) is 27.2. The van der Waals surface area contributed by atoms with Crippen LogP contribution in [0, 0.1) is 0 Å². The second-order valence-electron chi connectivity index (χ2n) is 6.90. The lowest BCUT2D eigenvalue weighted by molar-refractivity contribution is -0.139. The Hall–Kier alpha value is -2.10. The number of halogens is 2. The van der Waals surface area contributed by atoms with Crippen molar-refractivity contribution < 1.29 is 18.0 Å². The van der Waals surface area contributed by atoms with E-state index in [9.17, 15) is 18.0 Å². The van der Waals surface area contributed by atoms with Gasteiger partial charge < -0.3 is 10.2 Å². The zero-order valence-corrected chi connectivity index (χ0v) is 20.7. The van der Waals surface area contributed by atoms with Gasteiger partial charge in [-0.25, -0.2) is 8.42 Å². The third-order valence-corrected chi connectivity index (χ3v) is 6.78. The molecule has 0 heterocycles. The number of hydrogen-bond donors (Lipinski definition) is 1. The zero-order valence-electron chi connectivity index (χ0n) is 17.5. The van der Waals surface area contributed by atoms with Gasteiger partial charge in [0.05, 0.1) is 11.9 Å². The number of anilines is 1. The summed E-state index contributed by atoms with van der Waals surface area (Å²) in [5.41, 5.74) is 0.988. The van der Waals surface area contributed by atoms with Crippen LogP contribution in [0.1, 0.15) is 19.4 Å². The highest BCUT2D eigenvalue weighted by atomic mass is 79.9. The van der Waals surface area contributed by atoms with Crippen molar-refractivity contribution in [2.75, 3.05) is 23.7 Å². The molecule has 7 nitrogen and oxygen atoms in total. The van der Waals surface area contributed by atoms with Crippen molar-refractivity contribution in [2.24, 2.45) is 0 Å². The van der Waals surface area contributed by atoms with Gasteiger partial charge in [0.25, 0.3) is 0 Å². The van der Waals surface area contributed by atoms with E-state index in [4.69, 9.17) is 11.6 Å². The molecule has 0 aromatic heterocycles. The molecule has 0 radical (unpaired) electrons. The predicted molar refractivity (Wildman–Crippen MR) is 126 cm³/mol. The van der Waals surface area contributed by atoms with Crippen LogP contribution in [0.15, 0.2) is 53.0 Å². The Kier molecular flexibility index (Phi) is 8.90. The van der Waals surface area contributed by atoms with Crippen molar-refractivity contribution in [3.8, 4) is 0 Å². The molecule has 2 aromatic carbocycles. The van der Waals surface area contributed by atoms with E-state index in [0.717, 1.165) is 10.6 Å². The number of carbonyl (C=O) groups excluding carboxylic acids is 2. The van der Waals surface area contributed by atoms with Gasteiger partial charge in [0.1, 0.15) is 12.6 Å². The first-order valence-electron chi connectivity index (χ1n) is 9.59. The summed E-state index contributed by atoms with van der Waals surface area (Å²) in [6, 6.07) is 12.9. The largest absolute Gasteiger partial charge is 0.355 e. The fourth-order valence-electron chi connectivity index (χ4n) is 2.96. The van der Waals surface area contributed by atoms with Gasteiger partial charge in [-0.3, -0.25) is 13.9 Å². The number of para-hydroxylation sites is 1. The Morgan fingerprint density at radius 2 is 1.74 bits per heavy atom. The topological polar surface area (TPSA) is 86.8 Å². The van der Waals surface area contributed by atoms with Crippen molar-refractivity contribution in [1.82, 2.24) is 10.2 Å². The SMILES string of the molecule is CCNC(=O)[C@@H](C)N(Cc1ccccc1Cl)C(=O)CN(c1ccccc1Br)S(C)(=O)=O. The van der Waals surface area contributed by atoms with Gasteiger partial charge in [-0.2, -0.15) is 0 Å². The Bertz CT molecular complexity index is 1050. The van der Waals surface area contributed by atoms with Gasteiger partial charge in [0.15, 0.2) is 0 Å². The third-order valence-electron chi connectivity index (χ3n) is 4.62. The number of nitrogens with one attached hydrogen (secondary N) is 1. The fourth-order valence-corrected chi connectivity index (χ4v) is 4.64. The third kappa shape index (κ3) is 6.69. The molecule has 0 aliphatic heterocycles. The molecule has 0 fully saturated rings. The number of rotatable bonds is 9. The Labute approximate surface area is 196 Å². The minimum Gasteiger partial charge on any atom is -0.355 e. The van der Waals surface area contributed by atoms with Crippen LogP contribution in [0.3, 0.4) is 0 Å². The fraction of sp³-hybridized carbons (Fsp3) is 0.333. The van der Waals surface area contributed by atoms with Gasteiger partial charge in [0.2, 0.25) is 21.8 Å². The van der Waals surface area contributed by atoms with E-state index in [1.165, 1.54) is 4.90 Å². The minimum atomic E-state index is -3.78. The van der Waals surface area contributed by atoms with E-state index < -0.39 is 28.5 Å². The first-order chi connectivity index (χ1) is 14.6. The van der Waals surface area contributed by atoms with E-state index in [2.05, 4.69) is 21.2 Å². The Morgan fingerprint density at radius 3 is 2.32 bits per heavy atom. The van der Waals surface area contributed by atoms with Gasteiger partial charge in [-0.1, -0.05) is 41.9 Å². The van der Waals surface area contributed by atoms with Crippen molar-refractivity contribution in [1.29, 1.82) is 0 Å². The van der Waals surface area contributed by atoms with Crippen LogP contribution in [0.4, 0.5) is 5.69 Å². The summed E-state index contributed by atoms with van der Waals surface area (Å²) < 4.78 is 26.5.